The Kier molecular flexibility index (Phi) is 6.46. The van der Waals surface area contributed by atoms with Gasteiger partial charge in [-0.15, -0.1) is 0 Å². The highest BCUT2D eigenvalue weighted by Gasteiger charge is 2.09. The molecule has 1 amide bonds. The van der Waals surface area contributed by atoms with Gasteiger partial charge in [0.15, 0.2) is 11.7 Å². The van der Waals surface area contributed by atoms with E-state index in [0.717, 1.165) is 33.3 Å². The zero-order valence-corrected chi connectivity index (χ0v) is 16.7. The van der Waals surface area contributed by atoms with Crippen LogP contribution in [0.2, 0.25) is 0 Å². The zero-order valence-electron chi connectivity index (χ0n) is 14.3. The first kappa shape index (κ1) is 18.7. The van der Waals surface area contributed by atoms with E-state index < -0.39 is 0 Å². The molecule has 0 aliphatic heterocycles. The number of nitrogens with one attached hydrogen (secondary N) is 1. The smallest absolute Gasteiger partial charge is 0.264 e. The average molecular weight is 435 g/mol. The van der Waals surface area contributed by atoms with Crippen LogP contribution in [-0.4, -0.2) is 24.1 Å². The van der Waals surface area contributed by atoms with Gasteiger partial charge in [0.1, 0.15) is 11.5 Å². The first-order chi connectivity index (χ1) is 12.6. The van der Waals surface area contributed by atoms with Crippen molar-refractivity contribution < 1.29 is 14.3 Å². The molecule has 2 aromatic carbocycles. The van der Waals surface area contributed by atoms with Gasteiger partial charge in [0.25, 0.3) is 5.91 Å². The van der Waals surface area contributed by atoms with E-state index in [-0.39, 0.29) is 12.5 Å². The van der Waals surface area contributed by atoms with Crippen molar-refractivity contribution in [1.29, 1.82) is 0 Å². The van der Waals surface area contributed by atoms with E-state index in [2.05, 4.69) is 33.2 Å². The molecule has 7 heteroatoms. The fourth-order valence-electron chi connectivity index (χ4n) is 2.24. The second kappa shape index (κ2) is 9.00. The summed E-state index contributed by atoms with van der Waals surface area (Å²) in [5, 5.41) is 3.33. The maximum atomic E-state index is 12.1. The number of hydrogen-bond acceptors (Lipinski definition) is 5. The number of aromatic nitrogens is 1. The molecule has 0 bridgehead atoms. The van der Waals surface area contributed by atoms with Crippen LogP contribution < -0.4 is 14.8 Å². The molecule has 0 saturated carbocycles. The van der Waals surface area contributed by atoms with E-state index >= 15 is 0 Å². The van der Waals surface area contributed by atoms with Crippen molar-refractivity contribution in [2.24, 2.45) is 0 Å². The summed E-state index contributed by atoms with van der Waals surface area (Å²) in [7, 11) is 0. The largest absolute Gasteiger partial charge is 0.494 e. The van der Waals surface area contributed by atoms with Gasteiger partial charge in [0.2, 0.25) is 0 Å². The van der Waals surface area contributed by atoms with Crippen LogP contribution in [0.1, 0.15) is 19.8 Å². The molecule has 0 unspecified atom stereocenters. The minimum atomic E-state index is -0.247. The van der Waals surface area contributed by atoms with Gasteiger partial charge in [-0.2, -0.15) is 0 Å². The molecule has 1 aromatic heterocycles. The highest BCUT2D eigenvalue weighted by atomic mass is 79.9. The van der Waals surface area contributed by atoms with Gasteiger partial charge < -0.3 is 9.47 Å². The summed E-state index contributed by atoms with van der Waals surface area (Å²) in [6, 6.07) is 13.1. The topological polar surface area (TPSA) is 60.5 Å². The number of amides is 1. The van der Waals surface area contributed by atoms with E-state index in [9.17, 15) is 4.79 Å². The Balaban J connectivity index is 1.58. The first-order valence-electron chi connectivity index (χ1n) is 8.35. The molecule has 0 fully saturated rings. The maximum Gasteiger partial charge on any atom is 0.264 e. The first-order valence-corrected chi connectivity index (χ1v) is 9.96. The summed E-state index contributed by atoms with van der Waals surface area (Å²) >= 11 is 4.79. The van der Waals surface area contributed by atoms with Gasteiger partial charge >= 0.3 is 0 Å². The van der Waals surface area contributed by atoms with Gasteiger partial charge in [-0.1, -0.05) is 46.7 Å². The lowest BCUT2D eigenvalue weighted by Gasteiger charge is -2.05. The van der Waals surface area contributed by atoms with Crippen LogP contribution in [0.4, 0.5) is 5.13 Å². The van der Waals surface area contributed by atoms with Crippen LogP contribution in [0.15, 0.2) is 46.9 Å². The molecule has 1 heterocycles. The molecule has 0 atom stereocenters. The molecule has 0 spiro atoms. The van der Waals surface area contributed by atoms with E-state index in [1.165, 1.54) is 11.3 Å². The molecule has 3 rings (SSSR count). The molecular weight excluding hydrogens is 416 g/mol. The minimum Gasteiger partial charge on any atom is -0.494 e. The standard InChI is InChI=1S/C19H19BrN2O3S/c1-2-3-9-24-15-7-8-16-17(11-15)26-19(21-16)22-18(23)12-25-14-6-4-5-13(20)10-14/h4-8,10-11H,2-3,9,12H2,1H3,(H,21,22,23). The number of anilines is 1. The third kappa shape index (κ3) is 5.19. The third-order valence-electron chi connectivity index (χ3n) is 3.54. The van der Waals surface area contributed by atoms with E-state index in [4.69, 9.17) is 9.47 Å². The fraction of sp³-hybridized carbons (Fsp3) is 0.263. The molecule has 136 valence electrons. The Bertz CT molecular complexity index is 897. The van der Waals surface area contributed by atoms with Crippen LogP contribution in [0.25, 0.3) is 10.2 Å². The lowest BCUT2D eigenvalue weighted by Crippen LogP contribution is -2.19. The molecule has 26 heavy (non-hydrogen) atoms. The number of benzene rings is 2. The number of ether oxygens (including phenoxy) is 2. The Morgan fingerprint density at radius 3 is 2.85 bits per heavy atom. The highest BCUT2D eigenvalue weighted by molar-refractivity contribution is 9.10. The number of thiazole rings is 1. The van der Waals surface area contributed by atoms with Crippen molar-refractivity contribution >= 4 is 48.5 Å². The molecule has 0 saturated heterocycles. The summed E-state index contributed by atoms with van der Waals surface area (Å²) in [6.07, 6.45) is 2.13. The van der Waals surface area contributed by atoms with Gasteiger partial charge in [0.05, 0.1) is 16.8 Å². The predicted octanol–water partition coefficient (Wildman–Crippen LogP) is 5.26. The lowest BCUT2D eigenvalue weighted by molar-refractivity contribution is -0.118. The number of nitrogens with zero attached hydrogens (tertiary/aromatic N) is 1. The molecule has 0 aliphatic carbocycles. The monoisotopic (exact) mass is 434 g/mol. The van der Waals surface area contributed by atoms with Crippen LogP contribution in [0.3, 0.4) is 0 Å². The number of rotatable bonds is 8. The van der Waals surface area contributed by atoms with Crippen molar-refractivity contribution in [1.82, 2.24) is 4.98 Å². The Labute approximate surface area is 164 Å². The van der Waals surface area contributed by atoms with Gasteiger partial charge in [-0.05, 0) is 42.8 Å². The molecule has 3 aromatic rings. The Morgan fingerprint density at radius 2 is 2.04 bits per heavy atom. The number of carbonyl (C=O) groups excluding carboxylic acids is 1. The van der Waals surface area contributed by atoms with Gasteiger partial charge in [-0.25, -0.2) is 4.98 Å². The van der Waals surface area contributed by atoms with Crippen LogP contribution in [-0.2, 0) is 4.79 Å². The molecule has 5 nitrogen and oxygen atoms in total. The normalized spacial score (nSPS) is 10.7. The average Bonchev–Trinajstić information content (AvgIpc) is 3.02. The summed E-state index contributed by atoms with van der Waals surface area (Å²) in [5.41, 5.74) is 0.834. The fourth-order valence-corrected chi connectivity index (χ4v) is 3.53. The number of hydrogen-bond donors (Lipinski definition) is 1. The summed E-state index contributed by atoms with van der Waals surface area (Å²) in [6.45, 7) is 2.76. The van der Waals surface area contributed by atoms with Crippen molar-refractivity contribution in [3.63, 3.8) is 0 Å². The van der Waals surface area contributed by atoms with Crippen molar-refractivity contribution in [3.05, 3.63) is 46.9 Å². The molecule has 0 radical (unpaired) electrons. The quantitative estimate of drug-likeness (QED) is 0.491. The van der Waals surface area contributed by atoms with Crippen molar-refractivity contribution in [2.45, 2.75) is 19.8 Å². The number of fused-ring (bicyclic) bond motifs is 1. The summed E-state index contributed by atoms with van der Waals surface area (Å²) in [4.78, 5) is 16.5. The number of carbonyl (C=O) groups is 1. The summed E-state index contributed by atoms with van der Waals surface area (Å²) < 4.78 is 13.1. The predicted molar refractivity (Wildman–Crippen MR) is 108 cm³/mol. The second-order valence-corrected chi connectivity index (χ2v) is 7.59. The molecular formula is C19H19BrN2O3S. The Morgan fingerprint density at radius 1 is 1.19 bits per heavy atom. The third-order valence-corrected chi connectivity index (χ3v) is 4.97. The summed E-state index contributed by atoms with van der Waals surface area (Å²) in [5.74, 6) is 1.21. The van der Waals surface area contributed by atoms with Crippen molar-refractivity contribution in [2.75, 3.05) is 18.5 Å². The molecule has 0 aliphatic rings. The highest BCUT2D eigenvalue weighted by Crippen LogP contribution is 2.29. The number of unbranched alkanes of at least 4 members (excludes halogenated alkanes) is 1. The van der Waals surface area contributed by atoms with Gasteiger partial charge in [0, 0.05) is 4.47 Å². The van der Waals surface area contributed by atoms with E-state index in [0.29, 0.717) is 17.5 Å². The zero-order chi connectivity index (χ0) is 18.4. The maximum absolute atomic E-state index is 12.1. The van der Waals surface area contributed by atoms with Gasteiger partial charge in [-0.3, -0.25) is 10.1 Å². The van der Waals surface area contributed by atoms with E-state index in [1.54, 1.807) is 6.07 Å². The van der Waals surface area contributed by atoms with E-state index in [1.807, 2.05) is 36.4 Å². The van der Waals surface area contributed by atoms with Crippen LogP contribution >= 0.6 is 27.3 Å². The number of halogens is 1. The SMILES string of the molecule is CCCCOc1ccc2nc(NC(=O)COc3cccc(Br)c3)sc2c1. The molecule has 1 N–H and O–H groups in total. The van der Waals surface area contributed by atoms with Crippen LogP contribution in [0.5, 0.6) is 11.5 Å². The Hall–Kier alpha value is -2.12. The minimum absolute atomic E-state index is 0.0717. The van der Waals surface area contributed by atoms with Crippen molar-refractivity contribution in [3.8, 4) is 11.5 Å². The second-order valence-electron chi connectivity index (χ2n) is 5.64. The van der Waals surface area contributed by atoms with Crippen LogP contribution in [0, 0.1) is 0 Å². The lowest BCUT2D eigenvalue weighted by atomic mass is 10.3.